The predicted molar refractivity (Wildman–Crippen MR) is 311 cm³/mol. The van der Waals surface area contributed by atoms with Crippen molar-refractivity contribution in [2.24, 2.45) is 0 Å². The van der Waals surface area contributed by atoms with Gasteiger partial charge in [0.15, 0.2) is 6.10 Å². The van der Waals surface area contributed by atoms with Crippen LogP contribution in [0.25, 0.3) is 0 Å². The Morgan fingerprint density at radius 3 is 0.903 bits per heavy atom. The van der Waals surface area contributed by atoms with E-state index in [9.17, 15) is 14.4 Å². The van der Waals surface area contributed by atoms with Crippen molar-refractivity contribution in [3.05, 3.63) is 85.1 Å². The summed E-state index contributed by atoms with van der Waals surface area (Å²) in [5.74, 6) is -0.889. The molecule has 0 aliphatic heterocycles. The molecule has 6 nitrogen and oxygen atoms in total. The van der Waals surface area contributed by atoms with Gasteiger partial charge in [-0.3, -0.25) is 14.4 Å². The molecule has 0 fully saturated rings. The standard InChI is InChI=1S/C66H114O6/c1-4-7-10-13-16-19-21-23-24-25-26-27-28-29-30-31-32-33-34-35-36-37-38-39-40-41-42-44-45-47-50-53-56-59-65(68)71-62-63(61-70-64(67)58-55-52-49-18-15-12-9-6-3)72-66(69)60-57-54-51-48-46-43-22-20-17-14-11-8-5-2/h7,10-11,14,16,19-20,22-24,26-27,29-30,63H,4-6,8-9,12-13,15,17-18,21,25,28,31-62H2,1-3H3/b10-7-,14-11-,19-16-,22-20-,24-23-,27-26-,30-29-. The van der Waals surface area contributed by atoms with Crippen LogP contribution in [0.15, 0.2) is 85.1 Å². The van der Waals surface area contributed by atoms with Crippen LogP contribution in [0.5, 0.6) is 0 Å². The number of esters is 3. The second kappa shape index (κ2) is 60.1. The molecule has 0 aromatic heterocycles. The summed E-state index contributed by atoms with van der Waals surface area (Å²) >= 11 is 0. The predicted octanol–water partition coefficient (Wildman–Crippen LogP) is 20.7. The van der Waals surface area contributed by atoms with E-state index in [0.29, 0.717) is 19.3 Å². The molecule has 0 N–H and O–H groups in total. The Kier molecular flexibility index (Phi) is 57.3. The van der Waals surface area contributed by atoms with E-state index >= 15 is 0 Å². The smallest absolute Gasteiger partial charge is 0.306 e. The summed E-state index contributed by atoms with van der Waals surface area (Å²) in [6, 6.07) is 0. The third-order valence-corrected chi connectivity index (χ3v) is 13.1. The van der Waals surface area contributed by atoms with Crippen molar-refractivity contribution < 1.29 is 28.6 Å². The van der Waals surface area contributed by atoms with Crippen LogP contribution < -0.4 is 0 Å². The molecule has 0 heterocycles. The molecule has 1 unspecified atom stereocenters. The Hall–Kier alpha value is -3.41. The number of hydrogen-bond donors (Lipinski definition) is 0. The molecule has 0 aliphatic carbocycles. The van der Waals surface area contributed by atoms with Crippen LogP contribution in [-0.2, 0) is 28.6 Å². The van der Waals surface area contributed by atoms with Gasteiger partial charge in [0.1, 0.15) is 13.2 Å². The Morgan fingerprint density at radius 2 is 0.569 bits per heavy atom. The highest BCUT2D eigenvalue weighted by Gasteiger charge is 2.19. The zero-order valence-corrected chi connectivity index (χ0v) is 47.4. The fourth-order valence-electron chi connectivity index (χ4n) is 8.57. The number of hydrogen-bond acceptors (Lipinski definition) is 6. The van der Waals surface area contributed by atoms with Crippen LogP contribution >= 0.6 is 0 Å². The highest BCUT2D eigenvalue weighted by atomic mass is 16.6. The molecule has 0 spiro atoms. The van der Waals surface area contributed by atoms with E-state index in [1.165, 1.54) is 135 Å². The first-order valence-electron chi connectivity index (χ1n) is 30.6. The number of unbranched alkanes of at least 4 members (excludes halogenated alkanes) is 30. The van der Waals surface area contributed by atoms with Gasteiger partial charge in [0, 0.05) is 19.3 Å². The van der Waals surface area contributed by atoms with Gasteiger partial charge in [0.2, 0.25) is 0 Å². The molecule has 0 rings (SSSR count). The highest BCUT2D eigenvalue weighted by molar-refractivity contribution is 5.71. The number of allylic oxidation sites excluding steroid dienone is 14. The SMILES string of the molecule is CC/C=C\C/C=C\C/C=C\C/C=C\C/C=C\CCCCCCCCCCCCCCCCCCCC(=O)OCC(COC(=O)CCCCCCCCCC)OC(=O)CCCCCCC/C=C\C/C=C\CCC. The summed E-state index contributed by atoms with van der Waals surface area (Å²) in [7, 11) is 0. The molecular formula is C66H114O6. The second-order valence-corrected chi connectivity index (χ2v) is 20.2. The number of rotatable bonds is 55. The molecular weight excluding hydrogens is 889 g/mol. The average molecular weight is 1000 g/mol. The summed E-state index contributed by atoms with van der Waals surface area (Å²) in [6.45, 7) is 6.44. The zero-order valence-electron chi connectivity index (χ0n) is 47.4. The van der Waals surface area contributed by atoms with Gasteiger partial charge in [0.25, 0.3) is 0 Å². The Morgan fingerprint density at radius 1 is 0.292 bits per heavy atom. The molecule has 0 aliphatic rings. The molecule has 0 radical (unpaired) electrons. The van der Waals surface area contributed by atoms with Crippen LogP contribution in [0.4, 0.5) is 0 Å². The molecule has 0 aromatic carbocycles. The fourth-order valence-corrected chi connectivity index (χ4v) is 8.57. The quantitative estimate of drug-likeness (QED) is 0.0261. The van der Waals surface area contributed by atoms with Gasteiger partial charge in [-0.2, -0.15) is 0 Å². The zero-order chi connectivity index (χ0) is 52.2. The lowest BCUT2D eigenvalue weighted by Crippen LogP contribution is -2.30. The summed E-state index contributed by atoms with van der Waals surface area (Å²) in [4.78, 5) is 38.0. The van der Waals surface area contributed by atoms with Crippen molar-refractivity contribution >= 4 is 17.9 Å². The van der Waals surface area contributed by atoms with Gasteiger partial charge in [-0.05, 0) is 89.9 Å². The monoisotopic (exact) mass is 1000 g/mol. The van der Waals surface area contributed by atoms with Crippen LogP contribution in [0.1, 0.15) is 297 Å². The normalized spacial score (nSPS) is 12.7. The molecule has 6 heteroatoms. The van der Waals surface area contributed by atoms with Gasteiger partial charge in [0.05, 0.1) is 0 Å². The molecule has 72 heavy (non-hydrogen) atoms. The first-order valence-corrected chi connectivity index (χ1v) is 30.6. The number of ether oxygens (including phenoxy) is 3. The largest absolute Gasteiger partial charge is 0.462 e. The minimum atomic E-state index is -0.778. The lowest BCUT2D eigenvalue weighted by Gasteiger charge is -2.18. The van der Waals surface area contributed by atoms with E-state index in [2.05, 4.69) is 106 Å². The molecule has 0 saturated heterocycles. The molecule has 0 bridgehead atoms. The second-order valence-electron chi connectivity index (χ2n) is 20.2. The van der Waals surface area contributed by atoms with Crippen molar-refractivity contribution in [1.29, 1.82) is 0 Å². The van der Waals surface area contributed by atoms with E-state index in [-0.39, 0.29) is 31.1 Å². The van der Waals surface area contributed by atoms with E-state index in [1.807, 2.05) is 0 Å². The lowest BCUT2D eigenvalue weighted by molar-refractivity contribution is -0.167. The summed E-state index contributed by atoms with van der Waals surface area (Å²) in [5.41, 5.74) is 0. The van der Waals surface area contributed by atoms with Crippen LogP contribution in [0.3, 0.4) is 0 Å². The minimum Gasteiger partial charge on any atom is -0.462 e. The van der Waals surface area contributed by atoms with E-state index in [4.69, 9.17) is 14.2 Å². The van der Waals surface area contributed by atoms with Crippen LogP contribution in [0.2, 0.25) is 0 Å². The van der Waals surface area contributed by atoms with Crippen molar-refractivity contribution in [1.82, 2.24) is 0 Å². The topological polar surface area (TPSA) is 78.9 Å². The van der Waals surface area contributed by atoms with Crippen molar-refractivity contribution in [2.75, 3.05) is 13.2 Å². The Bertz CT molecular complexity index is 1380. The third kappa shape index (κ3) is 57.5. The van der Waals surface area contributed by atoms with Crippen molar-refractivity contribution in [3.8, 4) is 0 Å². The summed E-state index contributed by atoms with van der Waals surface area (Å²) in [6.07, 6.45) is 79.0. The van der Waals surface area contributed by atoms with Gasteiger partial charge < -0.3 is 14.2 Å². The molecule has 414 valence electrons. The van der Waals surface area contributed by atoms with Crippen LogP contribution in [-0.4, -0.2) is 37.2 Å². The minimum absolute atomic E-state index is 0.0783. The molecule has 0 saturated carbocycles. The summed E-state index contributed by atoms with van der Waals surface area (Å²) < 4.78 is 16.8. The van der Waals surface area contributed by atoms with Crippen LogP contribution in [0, 0.1) is 0 Å². The molecule has 0 aromatic rings. The highest BCUT2D eigenvalue weighted by Crippen LogP contribution is 2.16. The first kappa shape index (κ1) is 68.6. The molecule has 0 amide bonds. The van der Waals surface area contributed by atoms with Gasteiger partial charge in [-0.15, -0.1) is 0 Å². The van der Waals surface area contributed by atoms with E-state index in [1.54, 1.807) is 0 Å². The fraction of sp³-hybridized carbons (Fsp3) is 0.742. The van der Waals surface area contributed by atoms with Gasteiger partial charge in [-0.25, -0.2) is 0 Å². The maximum Gasteiger partial charge on any atom is 0.306 e. The van der Waals surface area contributed by atoms with Gasteiger partial charge in [-0.1, -0.05) is 273 Å². The summed E-state index contributed by atoms with van der Waals surface area (Å²) in [5, 5.41) is 0. The molecule has 1 atom stereocenters. The number of carbonyl (C=O) groups excluding carboxylic acids is 3. The maximum atomic E-state index is 12.8. The van der Waals surface area contributed by atoms with E-state index in [0.717, 1.165) is 122 Å². The Balaban J connectivity index is 4.02. The van der Waals surface area contributed by atoms with Crippen molar-refractivity contribution in [2.45, 2.75) is 303 Å². The first-order chi connectivity index (χ1) is 35.5. The Labute approximate surface area is 445 Å². The maximum absolute atomic E-state index is 12.8. The average Bonchev–Trinajstić information content (AvgIpc) is 3.38. The van der Waals surface area contributed by atoms with E-state index < -0.39 is 6.10 Å². The lowest BCUT2D eigenvalue weighted by atomic mass is 10.0. The number of carbonyl (C=O) groups is 3. The van der Waals surface area contributed by atoms with Crippen molar-refractivity contribution in [3.63, 3.8) is 0 Å². The van der Waals surface area contributed by atoms with Gasteiger partial charge >= 0.3 is 17.9 Å². The third-order valence-electron chi connectivity index (χ3n) is 13.1.